The first-order valence-electron chi connectivity index (χ1n) is 15.7. The molecule has 46 heavy (non-hydrogen) atoms. The first kappa shape index (κ1) is 26.3. The maximum Gasteiger partial charge on any atom is 0.0786 e. The van der Waals surface area contributed by atoms with Gasteiger partial charge >= 0.3 is 0 Å². The van der Waals surface area contributed by atoms with Gasteiger partial charge in [-0.2, -0.15) is 0 Å². The monoisotopic (exact) mass is 584 g/mol. The van der Waals surface area contributed by atoms with E-state index in [0.717, 1.165) is 32.9 Å². The van der Waals surface area contributed by atoms with E-state index >= 15 is 0 Å². The molecule has 9 rings (SSSR count). The summed E-state index contributed by atoms with van der Waals surface area (Å²) < 4.78 is 0. The second-order valence-electron chi connectivity index (χ2n) is 11.7. The lowest BCUT2D eigenvalue weighted by atomic mass is 9.85. The number of fused-ring (bicyclic) bond motifs is 4. The Morgan fingerprint density at radius 1 is 0.304 bits per heavy atom. The number of hydrogen-bond donors (Lipinski definition) is 0. The zero-order valence-electron chi connectivity index (χ0n) is 25.1. The Labute approximate surface area is 267 Å². The molecule has 0 bridgehead atoms. The van der Waals surface area contributed by atoms with Gasteiger partial charge in [0, 0.05) is 28.7 Å². The molecule has 0 spiro atoms. The number of para-hydroxylation sites is 1. The number of nitrogens with zero attached hydrogens (tertiary/aromatic N) is 2. The summed E-state index contributed by atoms with van der Waals surface area (Å²) in [5, 5.41) is 7.29. The lowest BCUT2D eigenvalue weighted by molar-refractivity contribution is 1.39. The SMILES string of the molecule is c1ccc(-c2c3ccccc3c(-c3cccc(-c4ccc(-c5ccnc6ccccc56)c5ncccc45)c3)c3ccccc23)cc1. The Morgan fingerprint density at radius 2 is 0.870 bits per heavy atom. The molecule has 0 fully saturated rings. The molecule has 214 valence electrons. The molecule has 0 unspecified atom stereocenters. The summed E-state index contributed by atoms with van der Waals surface area (Å²) in [5.41, 5.74) is 11.5. The van der Waals surface area contributed by atoms with E-state index in [9.17, 15) is 0 Å². The Bertz CT molecular complexity index is 2520. The van der Waals surface area contributed by atoms with Gasteiger partial charge in [-0.15, -0.1) is 0 Å². The van der Waals surface area contributed by atoms with E-state index < -0.39 is 0 Å². The number of benzene rings is 7. The lowest BCUT2D eigenvalue weighted by Gasteiger charge is -2.18. The first-order valence-corrected chi connectivity index (χ1v) is 15.7. The number of pyridine rings is 2. The Kier molecular flexibility index (Phi) is 6.17. The Balaban J connectivity index is 1.27. The Hall–Kier alpha value is -6.12. The summed E-state index contributed by atoms with van der Waals surface area (Å²) in [6.45, 7) is 0. The third-order valence-electron chi connectivity index (χ3n) is 9.17. The second-order valence-corrected chi connectivity index (χ2v) is 11.7. The zero-order valence-corrected chi connectivity index (χ0v) is 25.1. The van der Waals surface area contributed by atoms with Crippen LogP contribution in [0.4, 0.5) is 0 Å². The summed E-state index contributed by atoms with van der Waals surface area (Å²) >= 11 is 0. The minimum atomic E-state index is 0.985. The van der Waals surface area contributed by atoms with E-state index in [0.29, 0.717) is 0 Å². The predicted molar refractivity (Wildman–Crippen MR) is 194 cm³/mol. The average Bonchev–Trinajstić information content (AvgIpc) is 3.13. The van der Waals surface area contributed by atoms with Crippen LogP contribution in [0.1, 0.15) is 0 Å². The third-order valence-corrected chi connectivity index (χ3v) is 9.17. The lowest BCUT2D eigenvalue weighted by Crippen LogP contribution is -1.92. The van der Waals surface area contributed by atoms with Gasteiger partial charge in [0.2, 0.25) is 0 Å². The van der Waals surface area contributed by atoms with Crippen LogP contribution in [0.25, 0.3) is 87.9 Å². The fourth-order valence-corrected chi connectivity index (χ4v) is 7.17. The van der Waals surface area contributed by atoms with Crippen molar-refractivity contribution < 1.29 is 0 Å². The molecule has 0 saturated carbocycles. The maximum atomic E-state index is 4.93. The molecule has 0 atom stereocenters. The van der Waals surface area contributed by atoms with Crippen molar-refractivity contribution in [1.29, 1.82) is 0 Å². The van der Waals surface area contributed by atoms with Crippen molar-refractivity contribution in [1.82, 2.24) is 9.97 Å². The molecule has 0 N–H and O–H groups in total. The minimum Gasteiger partial charge on any atom is -0.256 e. The van der Waals surface area contributed by atoms with Crippen LogP contribution < -0.4 is 0 Å². The second kappa shape index (κ2) is 10.8. The fourth-order valence-electron chi connectivity index (χ4n) is 7.17. The molecular formula is C44H28N2. The maximum absolute atomic E-state index is 4.93. The highest BCUT2D eigenvalue weighted by atomic mass is 14.7. The molecule has 0 aliphatic heterocycles. The summed E-state index contributed by atoms with van der Waals surface area (Å²) in [6.07, 6.45) is 3.78. The van der Waals surface area contributed by atoms with Crippen LogP contribution in [0.5, 0.6) is 0 Å². The summed E-state index contributed by atoms with van der Waals surface area (Å²) in [4.78, 5) is 9.53. The highest BCUT2D eigenvalue weighted by Gasteiger charge is 2.18. The molecule has 0 amide bonds. The standard InChI is InChI=1S/C44H28N2/c1-2-12-29(13-3-1)42-35-17-4-6-19-37(35)43(38-20-7-5-18-36(38)42)31-15-10-14-30(28-31)32-23-24-40(44-39(32)21-11-26-46-44)33-25-27-45-41-22-9-8-16-34(33)41/h1-28H. The summed E-state index contributed by atoms with van der Waals surface area (Å²) in [7, 11) is 0. The quantitative estimate of drug-likeness (QED) is 0.192. The third kappa shape index (κ3) is 4.19. The van der Waals surface area contributed by atoms with E-state index in [1.807, 2.05) is 24.5 Å². The van der Waals surface area contributed by atoms with Crippen molar-refractivity contribution in [2.45, 2.75) is 0 Å². The van der Waals surface area contributed by atoms with E-state index in [-0.39, 0.29) is 0 Å². The molecular weight excluding hydrogens is 556 g/mol. The van der Waals surface area contributed by atoms with Crippen molar-refractivity contribution in [3.8, 4) is 44.5 Å². The number of hydrogen-bond acceptors (Lipinski definition) is 2. The largest absolute Gasteiger partial charge is 0.256 e. The van der Waals surface area contributed by atoms with Crippen LogP contribution >= 0.6 is 0 Å². The Morgan fingerprint density at radius 3 is 1.61 bits per heavy atom. The number of aromatic nitrogens is 2. The van der Waals surface area contributed by atoms with Crippen molar-refractivity contribution in [3.63, 3.8) is 0 Å². The van der Waals surface area contributed by atoms with Crippen LogP contribution in [-0.4, -0.2) is 9.97 Å². The molecule has 2 heterocycles. The van der Waals surface area contributed by atoms with Crippen molar-refractivity contribution in [3.05, 3.63) is 170 Å². The van der Waals surface area contributed by atoms with Crippen LogP contribution in [0.2, 0.25) is 0 Å². The van der Waals surface area contributed by atoms with Crippen LogP contribution in [0, 0.1) is 0 Å². The van der Waals surface area contributed by atoms with Gasteiger partial charge in [0.15, 0.2) is 0 Å². The summed E-state index contributed by atoms with van der Waals surface area (Å²) in [5.74, 6) is 0. The minimum absolute atomic E-state index is 0.985. The molecule has 2 heteroatoms. The van der Waals surface area contributed by atoms with Crippen LogP contribution in [-0.2, 0) is 0 Å². The van der Waals surface area contributed by atoms with Gasteiger partial charge in [0.25, 0.3) is 0 Å². The molecule has 0 radical (unpaired) electrons. The van der Waals surface area contributed by atoms with Gasteiger partial charge in [0.1, 0.15) is 0 Å². The van der Waals surface area contributed by atoms with Crippen molar-refractivity contribution >= 4 is 43.4 Å². The smallest absolute Gasteiger partial charge is 0.0786 e. The van der Waals surface area contributed by atoms with E-state index in [1.165, 1.54) is 54.9 Å². The van der Waals surface area contributed by atoms with Gasteiger partial charge in [-0.05, 0) is 84.8 Å². The van der Waals surface area contributed by atoms with Gasteiger partial charge in [-0.1, -0.05) is 133 Å². The predicted octanol–water partition coefficient (Wildman–Crippen LogP) is 11.8. The molecule has 2 nitrogen and oxygen atoms in total. The summed E-state index contributed by atoms with van der Waals surface area (Å²) in [6, 6.07) is 56.5. The van der Waals surface area contributed by atoms with Crippen LogP contribution in [0.3, 0.4) is 0 Å². The normalized spacial score (nSPS) is 11.5. The highest BCUT2D eigenvalue weighted by Crippen LogP contribution is 2.45. The molecule has 7 aromatic carbocycles. The molecule has 2 aromatic heterocycles. The number of rotatable bonds is 4. The topological polar surface area (TPSA) is 25.8 Å². The zero-order chi connectivity index (χ0) is 30.5. The molecule has 9 aromatic rings. The average molecular weight is 585 g/mol. The first-order chi connectivity index (χ1) is 22.8. The van der Waals surface area contributed by atoms with Gasteiger partial charge < -0.3 is 0 Å². The van der Waals surface area contributed by atoms with E-state index in [4.69, 9.17) is 4.98 Å². The molecule has 0 saturated heterocycles. The highest BCUT2D eigenvalue weighted by molar-refractivity contribution is 6.21. The van der Waals surface area contributed by atoms with Gasteiger partial charge in [-0.25, -0.2) is 0 Å². The van der Waals surface area contributed by atoms with Gasteiger partial charge in [0.05, 0.1) is 11.0 Å². The van der Waals surface area contributed by atoms with Gasteiger partial charge in [-0.3, -0.25) is 9.97 Å². The van der Waals surface area contributed by atoms with Crippen molar-refractivity contribution in [2.24, 2.45) is 0 Å². The molecule has 0 aliphatic rings. The van der Waals surface area contributed by atoms with Crippen LogP contribution in [0.15, 0.2) is 170 Å². The van der Waals surface area contributed by atoms with E-state index in [1.54, 1.807) is 0 Å². The fraction of sp³-hybridized carbons (Fsp3) is 0. The van der Waals surface area contributed by atoms with E-state index in [2.05, 4.69) is 151 Å². The molecule has 0 aliphatic carbocycles. The van der Waals surface area contributed by atoms with Crippen molar-refractivity contribution in [2.75, 3.05) is 0 Å².